The fourth-order valence-corrected chi connectivity index (χ4v) is 3.44. The van der Waals surface area contributed by atoms with Crippen molar-refractivity contribution in [2.75, 3.05) is 44.5 Å². The van der Waals surface area contributed by atoms with Crippen LogP contribution in [0.2, 0.25) is 0 Å². The van der Waals surface area contributed by atoms with E-state index in [4.69, 9.17) is 14.2 Å². The molecule has 2 aromatic rings. The molecule has 0 aromatic heterocycles. The predicted molar refractivity (Wildman–Crippen MR) is 113 cm³/mol. The zero-order valence-corrected chi connectivity index (χ0v) is 17.2. The van der Waals surface area contributed by atoms with Gasteiger partial charge in [-0.15, -0.1) is 0 Å². The van der Waals surface area contributed by atoms with Gasteiger partial charge in [0.15, 0.2) is 11.5 Å². The molecule has 2 aromatic carbocycles. The molecule has 1 saturated heterocycles. The number of carbonyl (C=O) groups is 2. The van der Waals surface area contributed by atoms with E-state index in [1.165, 1.54) is 9.80 Å². The molecule has 2 N–H and O–H groups in total. The minimum absolute atomic E-state index is 0.0225. The first-order valence-electron chi connectivity index (χ1n) is 10.1. The van der Waals surface area contributed by atoms with Gasteiger partial charge in [-0.05, 0) is 30.7 Å². The average Bonchev–Trinajstić information content (AvgIpc) is 3.34. The summed E-state index contributed by atoms with van der Waals surface area (Å²) in [5.41, 5.74) is 1.59. The highest BCUT2D eigenvalue weighted by molar-refractivity contribution is 6.12. The number of nitrogens with one attached hydrogen (secondary N) is 1. The predicted octanol–water partition coefficient (Wildman–Crippen LogP) is 1.52. The number of fused-ring (bicyclic) bond motifs is 1. The van der Waals surface area contributed by atoms with Crippen LogP contribution in [0, 0.1) is 6.92 Å². The number of aliphatic hydroxyl groups is 1. The van der Waals surface area contributed by atoms with Gasteiger partial charge in [0.1, 0.15) is 25.0 Å². The summed E-state index contributed by atoms with van der Waals surface area (Å²) in [5, 5.41) is 13.2. The van der Waals surface area contributed by atoms with Crippen molar-refractivity contribution >= 4 is 17.6 Å². The first-order chi connectivity index (χ1) is 15.0. The summed E-state index contributed by atoms with van der Waals surface area (Å²) >= 11 is 0. The van der Waals surface area contributed by atoms with E-state index in [1.807, 2.05) is 31.2 Å². The number of aryl methyl sites for hydroxylation is 1. The Labute approximate surface area is 180 Å². The number of amides is 3. The van der Waals surface area contributed by atoms with Crippen molar-refractivity contribution in [3.05, 3.63) is 48.0 Å². The molecule has 3 amide bonds. The summed E-state index contributed by atoms with van der Waals surface area (Å²) in [7, 11) is 0. The summed E-state index contributed by atoms with van der Waals surface area (Å²) < 4.78 is 16.2. The fourth-order valence-electron chi connectivity index (χ4n) is 3.44. The van der Waals surface area contributed by atoms with Crippen molar-refractivity contribution < 1.29 is 28.9 Å². The number of hydrogen-bond donors (Lipinski definition) is 2. The Bertz CT molecular complexity index is 966. The normalized spacial score (nSPS) is 16.2. The molecule has 1 unspecified atom stereocenters. The maximum absolute atomic E-state index is 12.7. The lowest BCUT2D eigenvalue weighted by atomic mass is 10.2. The van der Waals surface area contributed by atoms with Gasteiger partial charge in [-0.2, -0.15) is 0 Å². The molecule has 0 spiro atoms. The van der Waals surface area contributed by atoms with Gasteiger partial charge in [0.05, 0.1) is 0 Å². The van der Waals surface area contributed by atoms with Crippen molar-refractivity contribution in [1.29, 1.82) is 0 Å². The lowest BCUT2D eigenvalue weighted by molar-refractivity contribution is -0.124. The monoisotopic (exact) mass is 427 g/mol. The number of imide groups is 1. The third-order valence-electron chi connectivity index (χ3n) is 5.14. The number of nitrogens with zero attached hydrogens (tertiary/aromatic N) is 2. The first kappa shape index (κ1) is 21.0. The average molecular weight is 427 g/mol. The van der Waals surface area contributed by atoms with Crippen LogP contribution < -0.4 is 24.4 Å². The van der Waals surface area contributed by atoms with E-state index in [-0.39, 0.29) is 45.0 Å². The molecule has 2 aliphatic rings. The lowest BCUT2D eigenvalue weighted by Gasteiger charge is -2.18. The van der Waals surface area contributed by atoms with Crippen LogP contribution in [0.25, 0.3) is 0 Å². The van der Waals surface area contributed by atoms with Gasteiger partial charge in [0.2, 0.25) is 6.79 Å². The zero-order chi connectivity index (χ0) is 21.8. The fraction of sp³-hybridized carbons (Fsp3) is 0.364. The van der Waals surface area contributed by atoms with Crippen LogP contribution in [0.15, 0.2) is 42.5 Å². The van der Waals surface area contributed by atoms with Crippen LogP contribution in [0.3, 0.4) is 0 Å². The third-order valence-corrected chi connectivity index (χ3v) is 5.14. The number of ether oxygens (including phenoxy) is 3. The maximum Gasteiger partial charge on any atom is 0.331 e. The summed E-state index contributed by atoms with van der Waals surface area (Å²) in [4.78, 5) is 27.6. The quantitative estimate of drug-likeness (QED) is 0.462. The zero-order valence-electron chi connectivity index (χ0n) is 17.2. The van der Waals surface area contributed by atoms with Crippen molar-refractivity contribution in [2.45, 2.75) is 13.0 Å². The Morgan fingerprint density at radius 3 is 2.81 bits per heavy atom. The third kappa shape index (κ3) is 4.73. The van der Waals surface area contributed by atoms with E-state index in [2.05, 4.69) is 5.32 Å². The molecule has 0 radical (unpaired) electrons. The van der Waals surface area contributed by atoms with Crippen LogP contribution in [0.4, 0.5) is 10.5 Å². The topological polar surface area (TPSA) is 101 Å². The van der Waals surface area contributed by atoms with Crippen molar-refractivity contribution in [1.82, 2.24) is 10.2 Å². The highest BCUT2D eigenvalue weighted by Gasteiger charge is 2.37. The highest BCUT2D eigenvalue weighted by atomic mass is 16.7. The van der Waals surface area contributed by atoms with E-state index in [9.17, 15) is 14.7 Å². The van der Waals surface area contributed by atoms with E-state index in [1.54, 1.807) is 18.2 Å². The van der Waals surface area contributed by atoms with Crippen molar-refractivity contribution in [3.63, 3.8) is 0 Å². The number of urea groups is 1. The Morgan fingerprint density at radius 1 is 1.16 bits per heavy atom. The van der Waals surface area contributed by atoms with E-state index >= 15 is 0 Å². The minimum atomic E-state index is -0.713. The molecule has 1 fully saturated rings. The summed E-state index contributed by atoms with van der Waals surface area (Å²) in [5.74, 6) is 1.64. The van der Waals surface area contributed by atoms with Crippen LogP contribution in [0.5, 0.6) is 17.2 Å². The van der Waals surface area contributed by atoms with Gasteiger partial charge in [-0.1, -0.05) is 18.2 Å². The number of hydrogen-bond acceptors (Lipinski definition) is 7. The van der Waals surface area contributed by atoms with E-state index < -0.39 is 6.10 Å². The number of aliphatic hydroxyl groups excluding tert-OH is 1. The molecule has 0 bridgehead atoms. The Morgan fingerprint density at radius 2 is 1.97 bits per heavy atom. The van der Waals surface area contributed by atoms with Gasteiger partial charge < -0.3 is 24.6 Å². The second kappa shape index (κ2) is 9.23. The summed E-state index contributed by atoms with van der Waals surface area (Å²) in [6.45, 7) is 3.08. The summed E-state index contributed by atoms with van der Waals surface area (Å²) in [6.07, 6.45) is -0.713. The largest absolute Gasteiger partial charge is 0.491 e. The second-order valence-electron chi connectivity index (χ2n) is 7.39. The van der Waals surface area contributed by atoms with Gasteiger partial charge in [-0.25, -0.2) is 4.79 Å². The molecular formula is C22H25N3O6. The van der Waals surface area contributed by atoms with Crippen LogP contribution in [-0.4, -0.2) is 67.6 Å². The first-order valence-corrected chi connectivity index (χ1v) is 10.1. The molecule has 2 heterocycles. The van der Waals surface area contributed by atoms with Crippen LogP contribution in [-0.2, 0) is 4.79 Å². The SMILES string of the molecule is Cc1ccccc1OCC(O)CNCCN1C(=O)CN(c2ccc3c(c2)OCO3)C1=O. The number of para-hydroxylation sites is 1. The second-order valence-corrected chi connectivity index (χ2v) is 7.39. The van der Waals surface area contributed by atoms with Crippen molar-refractivity contribution in [2.24, 2.45) is 0 Å². The molecule has 1 atom stereocenters. The van der Waals surface area contributed by atoms with Crippen LogP contribution in [0.1, 0.15) is 5.56 Å². The summed E-state index contributed by atoms with van der Waals surface area (Å²) in [6, 6.07) is 12.4. The molecule has 9 heteroatoms. The smallest absolute Gasteiger partial charge is 0.331 e. The molecule has 4 rings (SSSR count). The Balaban J connectivity index is 1.22. The molecule has 0 saturated carbocycles. The molecule has 164 valence electrons. The van der Waals surface area contributed by atoms with Crippen LogP contribution >= 0.6 is 0 Å². The molecule has 0 aliphatic carbocycles. The number of carbonyl (C=O) groups excluding carboxylic acids is 2. The molecule has 31 heavy (non-hydrogen) atoms. The van der Waals surface area contributed by atoms with Gasteiger partial charge in [0, 0.05) is 31.4 Å². The number of benzene rings is 2. The number of rotatable bonds is 9. The molecule has 2 aliphatic heterocycles. The standard InChI is InChI=1S/C22H25N3O6/c1-15-4-2-3-5-18(15)29-13-17(26)11-23-8-9-24-21(27)12-25(22(24)28)16-6-7-19-20(10-16)31-14-30-19/h2-7,10,17,23,26H,8-9,11-14H2,1H3. The maximum atomic E-state index is 12.7. The highest BCUT2D eigenvalue weighted by Crippen LogP contribution is 2.36. The Hall–Kier alpha value is -3.30. The van der Waals surface area contributed by atoms with Crippen molar-refractivity contribution in [3.8, 4) is 17.2 Å². The van der Waals surface area contributed by atoms with Gasteiger partial charge >= 0.3 is 6.03 Å². The van der Waals surface area contributed by atoms with E-state index in [0.29, 0.717) is 23.7 Å². The molecular weight excluding hydrogens is 402 g/mol. The minimum Gasteiger partial charge on any atom is -0.491 e. The number of anilines is 1. The van der Waals surface area contributed by atoms with Gasteiger partial charge in [-0.3, -0.25) is 14.6 Å². The molecule has 9 nitrogen and oxygen atoms in total. The Kier molecular flexibility index (Phi) is 6.24. The van der Waals surface area contributed by atoms with Gasteiger partial charge in [0.25, 0.3) is 5.91 Å². The van der Waals surface area contributed by atoms with E-state index in [0.717, 1.165) is 11.3 Å². The lowest BCUT2D eigenvalue weighted by Crippen LogP contribution is -2.40.